The molecule has 0 spiro atoms. The second-order valence-corrected chi connectivity index (χ2v) is 10.4. The van der Waals surface area contributed by atoms with Crippen molar-refractivity contribution in [1.82, 2.24) is 25.3 Å². The fourth-order valence-electron chi connectivity index (χ4n) is 4.92. The summed E-state index contributed by atoms with van der Waals surface area (Å²) in [4.78, 5) is 42.6. The highest BCUT2D eigenvalue weighted by Gasteiger charge is 2.35. The molecule has 0 bridgehead atoms. The highest BCUT2D eigenvalue weighted by Crippen LogP contribution is 2.33. The number of nitrogens with zero attached hydrogens (tertiary/aromatic N) is 4. The molecule has 0 saturated heterocycles. The lowest BCUT2D eigenvalue weighted by Gasteiger charge is -2.20. The van der Waals surface area contributed by atoms with Gasteiger partial charge in [0.05, 0.1) is 11.3 Å². The molecule has 2 aromatic heterocycles. The van der Waals surface area contributed by atoms with E-state index in [1.165, 1.54) is 35.1 Å². The Balaban J connectivity index is 1.69. The van der Waals surface area contributed by atoms with Crippen LogP contribution >= 0.6 is 0 Å². The van der Waals surface area contributed by atoms with E-state index in [9.17, 15) is 28.4 Å². The average Bonchev–Trinajstić information content (AvgIpc) is 3.37. The maximum absolute atomic E-state index is 15.2. The Morgan fingerprint density at radius 1 is 1.07 bits per heavy atom. The molecule has 2 aromatic carbocycles. The van der Waals surface area contributed by atoms with Gasteiger partial charge in [0.2, 0.25) is 0 Å². The van der Waals surface area contributed by atoms with Crippen LogP contribution in [0.5, 0.6) is 0 Å². The molecule has 0 radical (unpaired) electrons. The van der Waals surface area contributed by atoms with Crippen LogP contribution in [0.2, 0.25) is 0 Å². The molecule has 1 amide bonds. The smallest absolute Gasteiger partial charge is 0.308 e. The van der Waals surface area contributed by atoms with Gasteiger partial charge in [-0.05, 0) is 78.4 Å². The van der Waals surface area contributed by atoms with Crippen molar-refractivity contribution in [2.24, 2.45) is 5.92 Å². The molecule has 3 N–H and O–H groups in total. The van der Waals surface area contributed by atoms with Gasteiger partial charge in [0.1, 0.15) is 28.7 Å². The first-order valence-corrected chi connectivity index (χ1v) is 13.2. The van der Waals surface area contributed by atoms with Crippen LogP contribution in [0.1, 0.15) is 59.9 Å². The van der Waals surface area contributed by atoms with Gasteiger partial charge in [-0.15, -0.1) is 5.43 Å². The van der Waals surface area contributed by atoms with Gasteiger partial charge in [-0.3, -0.25) is 14.9 Å². The number of pyridine rings is 1. The number of hydrogen-bond donors (Lipinski definition) is 3. The van der Waals surface area contributed by atoms with Crippen molar-refractivity contribution in [1.29, 1.82) is 0 Å². The zero-order valence-corrected chi connectivity index (χ0v) is 23.4. The summed E-state index contributed by atoms with van der Waals surface area (Å²) >= 11 is 0. The predicted molar refractivity (Wildman–Crippen MR) is 147 cm³/mol. The summed E-state index contributed by atoms with van der Waals surface area (Å²) in [7, 11) is 0. The Morgan fingerprint density at radius 3 is 2.40 bits per heavy atom. The van der Waals surface area contributed by atoms with Crippen LogP contribution in [0.15, 0.2) is 48.8 Å². The summed E-state index contributed by atoms with van der Waals surface area (Å²) in [5.41, 5.74) is 4.05. The third-order valence-corrected chi connectivity index (χ3v) is 6.69. The van der Waals surface area contributed by atoms with E-state index in [1.807, 2.05) is 13.8 Å². The third kappa shape index (κ3) is 6.56. The molecule has 4 rings (SSSR count). The molecule has 2 atom stereocenters. The van der Waals surface area contributed by atoms with Gasteiger partial charge in [-0.1, -0.05) is 19.9 Å². The lowest BCUT2D eigenvalue weighted by Crippen LogP contribution is -2.49. The number of hydrazine groups is 1. The van der Waals surface area contributed by atoms with Crippen LogP contribution in [-0.2, 0) is 4.79 Å². The van der Waals surface area contributed by atoms with E-state index in [-0.39, 0.29) is 28.5 Å². The summed E-state index contributed by atoms with van der Waals surface area (Å²) in [6.45, 7) is 6.84. The minimum absolute atomic E-state index is 0.0973. The molecule has 220 valence electrons. The Hall–Kier alpha value is -4.81. The molecule has 4 aromatic rings. The van der Waals surface area contributed by atoms with E-state index in [0.717, 1.165) is 6.07 Å². The zero-order chi connectivity index (χ0) is 30.7. The number of halogens is 3. The number of aliphatic carboxylic acids is 1. The van der Waals surface area contributed by atoms with Crippen LogP contribution in [0.25, 0.3) is 16.8 Å². The van der Waals surface area contributed by atoms with Crippen molar-refractivity contribution in [3.05, 3.63) is 93.5 Å². The Labute approximate surface area is 239 Å². The number of nitrogens with one attached hydrogen (secondary N) is 2. The number of aryl methyl sites for hydroxylation is 2. The van der Waals surface area contributed by atoms with Crippen molar-refractivity contribution in [3.8, 4) is 11.1 Å². The number of carbonyl (C=O) groups excluding carboxylic acids is 1. The van der Waals surface area contributed by atoms with Crippen molar-refractivity contribution < 1.29 is 32.7 Å². The first-order chi connectivity index (χ1) is 19.8. The molecule has 0 aliphatic heterocycles. The Bertz CT molecular complexity index is 1650. The number of carboxylic acid groups (broad SMARTS) is 1. The van der Waals surface area contributed by atoms with Gasteiger partial charge < -0.3 is 5.11 Å². The second kappa shape index (κ2) is 12.4. The maximum atomic E-state index is 15.2. The quantitative estimate of drug-likeness (QED) is 0.128. The number of aromatic nitrogens is 3. The molecule has 2 heterocycles. The van der Waals surface area contributed by atoms with E-state index in [2.05, 4.69) is 20.8 Å². The molecule has 0 fully saturated rings. The number of fused-ring (bicyclic) bond motifs is 1. The van der Waals surface area contributed by atoms with Crippen molar-refractivity contribution >= 4 is 17.5 Å². The Kier molecular flexibility index (Phi) is 8.88. The van der Waals surface area contributed by atoms with E-state index < -0.39 is 53.5 Å². The summed E-state index contributed by atoms with van der Waals surface area (Å²) in [5, 5.41) is 16.2. The minimum Gasteiger partial charge on any atom is -0.481 e. The lowest BCUT2D eigenvalue weighted by molar-refractivity contribution is -0.652. The number of carbonyl (C=O) groups is 2. The van der Waals surface area contributed by atoms with E-state index in [4.69, 9.17) is 0 Å². The molecule has 0 aliphatic rings. The van der Waals surface area contributed by atoms with Crippen molar-refractivity contribution in [3.63, 3.8) is 0 Å². The number of carboxylic acids is 1. The first-order valence-electron chi connectivity index (χ1n) is 13.2. The zero-order valence-electron chi connectivity index (χ0n) is 23.4. The fourth-order valence-corrected chi connectivity index (χ4v) is 4.92. The molecule has 0 saturated carbocycles. The third-order valence-electron chi connectivity index (χ3n) is 6.69. The van der Waals surface area contributed by atoms with E-state index >= 15 is 4.39 Å². The van der Waals surface area contributed by atoms with Gasteiger partial charge in [-0.25, -0.2) is 22.7 Å². The number of nitroso groups, excluding NO2 is 1. The minimum atomic E-state index is -1.53. The molecule has 0 aliphatic carbocycles. The fraction of sp³-hybridized carbons (Fsp3) is 0.310. The van der Waals surface area contributed by atoms with Gasteiger partial charge >= 0.3 is 12.1 Å². The summed E-state index contributed by atoms with van der Waals surface area (Å²) in [6.07, 6.45) is -0.627. The monoisotopic (exact) mass is 583 g/mol. The van der Waals surface area contributed by atoms with E-state index in [0.29, 0.717) is 22.3 Å². The van der Waals surface area contributed by atoms with Gasteiger partial charge in [0.25, 0.3) is 5.91 Å². The molecular weight excluding hydrogens is 553 g/mol. The lowest BCUT2D eigenvalue weighted by atomic mass is 9.92. The van der Waals surface area contributed by atoms with Gasteiger partial charge in [0, 0.05) is 12.0 Å². The molecular formula is C29H30F3N6O4+. The summed E-state index contributed by atoms with van der Waals surface area (Å²) < 4.78 is 45.3. The number of rotatable bonds is 11. The van der Waals surface area contributed by atoms with Crippen molar-refractivity contribution in [2.75, 3.05) is 0 Å². The Morgan fingerprint density at radius 2 is 1.76 bits per heavy atom. The first kappa shape index (κ1) is 30.2. The second-order valence-electron chi connectivity index (χ2n) is 10.4. The number of hydrogen-bond acceptors (Lipinski definition) is 5. The normalized spacial score (nSPS) is 12.8. The summed E-state index contributed by atoms with van der Waals surface area (Å²) in [5.74, 6) is -5.25. The van der Waals surface area contributed by atoms with Crippen molar-refractivity contribution in [2.45, 2.75) is 52.7 Å². The number of benzene rings is 2. The average molecular weight is 584 g/mol. The molecule has 13 heteroatoms. The standard InChI is InChI=1S/C29H29F3N6O4/c1-15(2)8-25(35-29(41)23-6-5-7-24-33-14-34-37(23)24)38(42)36-22(13-26(39)40)20-11-18(12-21(31)28(20)32)27-16(3)9-19(30)10-17(27)4/h5-7,9-12,14-15,22,25H,8,13H2,1-4H3,(H2-,35,36,39,40,41,42)/p+1/t22-,25+/m0/s1. The maximum Gasteiger partial charge on any atom is 0.308 e. The predicted octanol–water partition coefficient (Wildman–Crippen LogP) is 5.03. The highest BCUT2D eigenvalue weighted by atomic mass is 19.2. The molecule has 10 nitrogen and oxygen atoms in total. The SMILES string of the molecule is Cc1cc(F)cc(C)c1-c1cc(F)c(F)c([C@H](CC(=O)O)N[N+](=O)[C@H](CC(C)C)NC(=O)c2cccc3ncnn23)c1. The van der Waals surface area contributed by atoms with Crippen LogP contribution < -0.4 is 10.7 Å². The van der Waals surface area contributed by atoms with E-state index in [1.54, 1.807) is 26.0 Å². The van der Waals surface area contributed by atoms with Crippen LogP contribution in [-0.4, -0.2) is 42.6 Å². The highest BCUT2D eigenvalue weighted by molar-refractivity contribution is 5.93. The topological polar surface area (TPSA) is 129 Å². The van der Waals surface area contributed by atoms with Crippen LogP contribution in [0.4, 0.5) is 13.2 Å². The van der Waals surface area contributed by atoms with Gasteiger partial charge in [0.15, 0.2) is 17.3 Å². The number of amides is 1. The largest absolute Gasteiger partial charge is 0.481 e. The van der Waals surface area contributed by atoms with Crippen LogP contribution in [0.3, 0.4) is 0 Å². The molecule has 0 unspecified atom stereocenters. The van der Waals surface area contributed by atoms with Crippen LogP contribution in [0, 0.1) is 42.1 Å². The molecule has 42 heavy (non-hydrogen) atoms. The van der Waals surface area contributed by atoms with Gasteiger partial charge in [-0.2, -0.15) is 5.10 Å². The summed E-state index contributed by atoms with van der Waals surface area (Å²) in [6, 6.07) is 7.87.